The van der Waals surface area contributed by atoms with E-state index in [1.54, 1.807) is 14.1 Å². The van der Waals surface area contributed by atoms with Crippen LogP contribution in [-0.4, -0.2) is 42.8 Å². The van der Waals surface area contributed by atoms with Gasteiger partial charge in [0.05, 0.1) is 0 Å². The average molecular weight is 325 g/mol. The number of amides is 1. The number of rotatable bonds is 1. The molecule has 3 unspecified atom stereocenters. The number of nitrogens with zero attached hydrogens (tertiary/aromatic N) is 1. The van der Waals surface area contributed by atoms with Crippen LogP contribution in [0.1, 0.15) is 57.8 Å². The van der Waals surface area contributed by atoms with Crippen molar-refractivity contribution in [2.45, 2.75) is 75.5 Å². The molecule has 2 bridgehead atoms. The first-order valence-corrected chi connectivity index (χ1v) is 8.95. The zero-order chi connectivity index (χ0) is 16.1. The third-order valence-electron chi connectivity index (χ3n) is 5.99. The van der Waals surface area contributed by atoms with E-state index in [0.717, 1.165) is 25.7 Å². The standard InChI is InChI=1S/C17H27NO5/c1-18(2)15(19)20-14-4-3-9-16(11-14)21-17(23-22-16)10-12-5-7-13(17)8-6-12/h12-14H,3-11H2,1-2H3. The number of carbonyl (C=O) groups excluding carboxylic acids is 1. The number of hydrogen-bond acceptors (Lipinski definition) is 5. The summed E-state index contributed by atoms with van der Waals surface area (Å²) in [4.78, 5) is 24.9. The lowest BCUT2D eigenvalue weighted by Crippen LogP contribution is -2.51. The highest BCUT2D eigenvalue weighted by atomic mass is 17.3. The number of ether oxygens (including phenoxy) is 2. The molecule has 0 aromatic carbocycles. The molecule has 5 fully saturated rings. The van der Waals surface area contributed by atoms with Crippen molar-refractivity contribution >= 4 is 6.09 Å². The van der Waals surface area contributed by atoms with Gasteiger partial charge in [-0.2, -0.15) is 9.78 Å². The maximum absolute atomic E-state index is 11.8. The molecule has 0 N–H and O–H groups in total. The fraction of sp³-hybridized carbons (Fsp3) is 0.941. The van der Waals surface area contributed by atoms with E-state index < -0.39 is 11.6 Å². The summed E-state index contributed by atoms with van der Waals surface area (Å²) >= 11 is 0. The molecule has 0 radical (unpaired) electrons. The topological polar surface area (TPSA) is 57.2 Å². The van der Waals surface area contributed by atoms with Crippen LogP contribution in [0.15, 0.2) is 0 Å². The zero-order valence-corrected chi connectivity index (χ0v) is 14.1. The molecule has 6 heteroatoms. The summed E-state index contributed by atoms with van der Waals surface area (Å²) in [6.07, 6.45) is 8.52. The van der Waals surface area contributed by atoms with Gasteiger partial charge in [0.2, 0.25) is 11.6 Å². The quantitative estimate of drug-likeness (QED) is 0.693. The SMILES string of the molecule is CN(C)C(=O)OC1CCCC2(C1)OOC1(CC3CCC1CC3)O2. The van der Waals surface area contributed by atoms with Crippen LogP contribution in [0.2, 0.25) is 0 Å². The largest absolute Gasteiger partial charge is 0.446 e. The molecule has 0 aromatic heterocycles. The van der Waals surface area contributed by atoms with Gasteiger partial charge in [-0.3, -0.25) is 0 Å². The minimum Gasteiger partial charge on any atom is -0.446 e. The molecule has 3 atom stereocenters. The first kappa shape index (κ1) is 15.7. The van der Waals surface area contributed by atoms with Crippen molar-refractivity contribution in [1.82, 2.24) is 4.90 Å². The Morgan fingerprint density at radius 1 is 1.09 bits per heavy atom. The van der Waals surface area contributed by atoms with Gasteiger partial charge in [-0.15, -0.1) is 0 Å². The van der Waals surface area contributed by atoms with E-state index >= 15 is 0 Å². The Labute approximate surface area is 137 Å². The summed E-state index contributed by atoms with van der Waals surface area (Å²) in [5, 5.41) is 0. The second-order valence-electron chi connectivity index (χ2n) is 7.91. The Hall–Kier alpha value is -0.850. The van der Waals surface area contributed by atoms with Gasteiger partial charge in [-0.05, 0) is 44.4 Å². The van der Waals surface area contributed by atoms with Crippen LogP contribution in [-0.2, 0) is 19.2 Å². The molecule has 1 saturated heterocycles. The van der Waals surface area contributed by atoms with Gasteiger partial charge < -0.3 is 14.4 Å². The van der Waals surface area contributed by atoms with Crippen LogP contribution < -0.4 is 0 Å². The monoisotopic (exact) mass is 325 g/mol. The Morgan fingerprint density at radius 2 is 1.87 bits per heavy atom. The molecule has 4 aliphatic carbocycles. The van der Waals surface area contributed by atoms with Crippen molar-refractivity contribution in [2.24, 2.45) is 11.8 Å². The molecule has 2 spiro atoms. The van der Waals surface area contributed by atoms with Crippen LogP contribution in [0.25, 0.3) is 0 Å². The molecule has 0 aromatic rings. The summed E-state index contributed by atoms with van der Waals surface area (Å²) in [7, 11) is 3.39. The predicted octanol–water partition coefficient (Wildman–Crippen LogP) is 3.21. The van der Waals surface area contributed by atoms with Gasteiger partial charge in [0.1, 0.15) is 6.10 Å². The molecule has 1 heterocycles. The van der Waals surface area contributed by atoms with Crippen LogP contribution in [0, 0.1) is 11.8 Å². The Kier molecular flexibility index (Phi) is 3.82. The van der Waals surface area contributed by atoms with Gasteiger partial charge in [0.15, 0.2) is 0 Å². The predicted molar refractivity (Wildman–Crippen MR) is 81.2 cm³/mol. The van der Waals surface area contributed by atoms with Gasteiger partial charge in [-0.25, -0.2) is 4.79 Å². The van der Waals surface area contributed by atoms with Crippen LogP contribution in [0.4, 0.5) is 4.79 Å². The Bertz CT molecular complexity index is 476. The van der Waals surface area contributed by atoms with Crippen molar-refractivity contribution in [1.29, 1.82) is 0 Å². The summed E-state index contributed by atoms with van der Waals surface area (Å²) in [6, 6.07) is 0. The van der Waals surface area contributed by atoms with E-state index in [0.29, 0.717) is 18.3 Å². The molecule has 130 valence electrons. The third kappa shape index (κ3) is 2.75. The van der Waals surface area contributed by atoms with Gasteiger partial charge in [0.25, 0.3) is 0 Å². The molecule has 5 rings (SSSR count). The highest BCUT2D eigenvalue weighted by Crippen LogP contribution is 2.56. The lowest BCUT2D eigenvalue weighted by Gasteiger charge is -2.47. The van der Waals surface area contributed by atoms with Crippen molar-refractivity contribution in [2.75, 3.05) is 14.1 Å². The number of hydrogen-bond donors (Lipinski definition) is 0. The summed E-state index contributed by atoms with van der Waals surface area (Å²) in [6.45, 7) is 0. The second-order valence-corrected chi connectivity index (χ2v) is 7.91. The average Bonchev–Trinajstić information content (AvgIpc) is 2.86. The van der Waals surface area contributed by atoms with Gasteiger partial charge >= 0.3 is 6.09 Å². The van der Waals surface area contributed by atoms with Crippen molar-refractivity contribution in [3.63, 3.8) is 0 Å². The van der Waals surface area contributed by atoms with Crippen LogP contribution in [0.5, 0.6) is 0 Å². The Morgan fingerprint density at radius 3 is 2.52 bits per heavy atom. The minimum absolute atomic E-state index is 0.168. The molecule has 5 aliphatic rings. The molecular weight excluding hydrogens is 298 g/mol. The third-order valence-corrected chi connectivity index (χ3v) is 5.99. The Balaban J connectivity index is 1.44. The maximum atomic E-state index is 11.8. The fourth-order valence-electron chi connectivity index (χ4n) is 4.76. The maximum Gasteiger partial charge on any atom is 0.409 e. The molecule has 1 amide bonds. The number of fused-ring (bicyclic) bond motifs is 2. The van der Waals surface area contributed by atoms with E-state index in [-0.39, 0.29) is 12.2 Å². The lowest BCUT2D eigenvalue weighted by atomic mass is 9.67. The highest BCUT2D eigenvalue weighted by Gasteiger charge is 2.61. The summed E-state index contributed by atoms with van der Waals surface area (Å²) in [5.74, 6) is -0.136. The van der Waals surface area contributed by atoms with Crippen molar-refractivity contribution in [3.8, 4) is 0 Å². The van der Waals surface area contributed by atoms with E-state index in [4.69, 9.17) is 19.2 Å². The van der Waals surface area contributed by atoms with Crippen LogP contribution >= 0.6 is 0 Å². The second kappa shape index (κ2) is 5.60. The minimum atomic E-state index is -0.729. The summed E-state index contributed by atoms with van der Waals surface area (Å²) < 4.78 is 12.0. The van der Waals surface area contributed by atoms with Gasteiger partial charge in [-0.1, -0.05) is 0 Å². The van der Waals surface area contributed by atoms with Crippen molar-refractivity contribution in [3.05, 3.63) is 0 Å². The number of carbonyl (C=O) groups is 1. The van der Waals surface area contributed by atoms with E-state index in [9.17, 15) is 4.79 Å². The van der Waals surface area contributed by atoms with E-state index in [1.165, 1.54) is 30.6 Å². The van der Waals surface area contributed by atoms with Gasteiger partial charge in [0, 0.05) is 39.3 Å². The molecule has 6 nitrogen and oxygen atoms in total. The van der Waals surface area contributed by atoms with Crippen molar-refractivity contribution < 1.29 is 24.0 Å². The lowest BCUT2D eigenvalue weighted by molar-refractivity contribution is -0.374. The zero-order valence-electron chi connectivity index (χ0n) is 14.1. The molecule has 4 saturated carbocycles. The fourth-order valence-corrected chi connectivity index (χ4v) is 4.76. The van der Waals surface area contributed by atoms with E-state index in [1.807, 2.05) is 0 Å². The van der Waals surface area contributed by atoms with E-state index in [2.05, 4.69) is 0 Å². The molecule has 1 aliphatic heterocycles. The molecule has 23 heavy (non-hydrogen) atoms. The molecular formula is C17H27NO5. The first-order valence-electron chi connectivity index (χ1n) is 8.95. The smallest absolute Gasteiger partial charge is 0.409 e. The summed E-state index contributed by atoms with van der Waals surface area (Å²) in [5.41, 5.74) is 0. The first-order chi connectivity index (χ1) is 11.0. The van der Waals surface area contributed by atoms with Crippen LogP contribution in [0.3, 0.4) is 0 Å². The highest BCUT2D eigenvalue weighted by molar-refractivity contribution is 5.66. The normalized spacial score (nSPS) is 45.6.